The summed E-state index contributed by atoms with van der Waals surface area (Å²) in [6.45, 7) is 4.39. The zero-order valence-corrected chi connectivity index (χ0v) is 15.4. The number of pyridine rings is 1. The predicted molar refractivity (Wildman–Crippen MR) is 97.5 cm³/mol. The fourth-order valence-electron chi connectivity index (χ4n) is 2.75. The van der Waals surface area contributed by atoms with Gasteiger partial charge in [-0.1, -0.05) is 0 Å². The van der Waals surface area contributed by atoms with E-state index >= 15 is 0 Å². The molecule has 0 bridgehead atoms. The molecule has 1 aromatic heterocycles. The maximum Gasteiger partial charge on any atom is 0.255 e. The summed E-state index contributed by atoms with van der Waals surface area (Å²) in [4.78, 5) is 19.2. The zero-order chi connectivity index (χ0) is 17.1. The van der Waals surface area contributed by atoms with Gasteiger partial charge in [-0.3, -0.25) is 9.78 Å². The maximum atomic E-state index is 12.5. The van der Waals surface area contributed by atoms with Crippen molar-refractivity contribution in [2.24, 2.45) is 0 Å². The molecule has 24 heavy (non-hydrogen) atoms. The lowest BCUT2D eigenvalue weighted by atomic mass is 10.1. The highest BCUT2D eigenvalue weighted by Gasteiger charge is 2.16. The van der Waals surface area contributed by atoms with Crippen LogP contribution in [0.1, 0.15) is 28.5 Å². The average molecular weight is 390 g/mol. The van der Waals surface area contributed by atoms with E-state index in [0.29, 0.717) is 12.2 Å². The minimum Gasteiger partial charge on any atom is -0.493 e. The molecule has 1 N–H and O–H groups in total. The van der Waals surface area contributed by atoms with Crippen LogP contribution in [0.4, 0.5) is 5.69 Å². The molecular formula is C18H20BrN3O2. The predicted octanol–water partition coefficient (Wildman–Crippen LogP) is 3.48. The highest BCUT2D eigenvalue weighted by atomic mass is 79.9. The Bertz CT molecular complexity index is 764. The van der Waals surface area contributed by atoms with Gasteiger partial charge in [0.1, 0.15) is 5.75 Å². The molecule has 0 fully saturated rings. The average Bonchev–Trinajstić information content (AvgIpc) is 2.56. The van der Waals surface area contributed by atoms with Gasteiger partial charge in [0.05, 0.1) is 23.0 Å². The fraction of sp³-hybridized carbons (Fsp3) is 0.333. The first-order chi connectivity index (χ1) is 11.6. The largest absolute Gasteiger partial charge is 0.493 e. The second-order valence-electron chi connectivity index (χ2n) is 5.85. The Morgan fingerprint density at radius 2 is 2.25 bits per heavy atom. The molecule has 2 heterocycles. The van der Waals surface area contributed by atoms with Crippen LogP contribution >= 0.6 is 15.9 Å². The van der Waals surface area contributed by atoms with Gasteiger partial charge in [0.15, 0.2) is 0 Å². The standard InChI is InChI=1S/C18H20BrN3O2/c1-3-24-17-5-4-12(9-15(17)19)18(23)21-14-8-13-11-22(2)7-6-16(13)20-10-14/h4-5,8-10H,3,6-7,11H2,1-2H3,(H,21,23). The number of halogens is 1. The Morgan fingerprint density at radius 3 is 3.00 bits per heavy atom. The van der Waals surface area contributed by atoms with Gasteiger partial charge in [-0.05, 0) is 59.7 Å². The molecule has 2 aromatic rings. The topological polar surface area (TPSA) is 54.5 Å². The van der Waals surface area contributed by atoms with Crippen LogP contribution in [0.15, 0.2) is 34.9 Å². The number of nitrogens with one attached hydrogen (secondary N) is 1. The Hall–Kier alpha value is -1.92. The fourth-order valence-corrected chi connectivity index (χ4v) is 3.25. The Morgan fingerprint density at radius 1 is 1.42 bits per heavy atom. The summed E-state index contributed by atoms with van der Waals surface area (Å²) >= 11 is 3.43. The summed E-state index contributed by atoms with van der Waals surface area (Å²) in [7, 11) is 2.09. The zero-order valence-electron chi connectivity index (χ0n) is 13.8. The molecular weight excluding hydrogens is 370 g/mol. The number of carbonyl (C=O) groups excluding carboxylic acids is 1. The Kier molecular flexibility index (Phi) is 5.16. The van der Waals surface area contributed by atoms with Crippen LogP contribution in [0.2, 0.25) is 0 Å². The van der Waals surface area contributed by atoms with Crippen molar-refractivity contribution in [1.82, 2.24) is 9.88 Å². The molecule has 0 aliphatic carbocycles. The summed E-state index contributed by atoms with van der Waals surface area (Å²) in [5, 5.41) is 2.92. The van der Waals surface area contributed by atoms with Crippen molar-refractivity contribution in [3.05, 3.63) is 51.8 Å². The number of rotatable bonds is 4. The minimum absolute atomic E-state index is 0.162. The highest BCUT2D eigenvalue weighted by molar-refractivity contribution is 9.10. The van der Waals surface area contributed by atoms with E-state index in [4.69, 9.17) is 4.74 Å². The van der Waals surface area contributed by atoms with Crippen molar-refractivity contribution in [3.8, 4) is 5.75 Å². The smallest absolute Gasteiger partial charge is 0.255 e. The molecule has 0 saturated carbocycles. The normalized spacial score (nSPS) is 14.1. The number of hydrogen-bond acceptors (Lipinski definition) is 4. The summed E-state index contributed by atoms with van der Waals surface area (Å²) in [6, 6.07) is 7.33. The van der Waals surface area contributed by atoms with Gasteiger partial charge in [-0.2, -0.15) is 0 Å². The van der Waals surface area contributed by atoms with Crippen molar-refractivity contribution in [2.75, 3.05) is 25.5 Å². The number of carbonyl (C=O) groups is 1. The van der Waals surface area contributed by atoms with E-state index in [1.807, 2.05) is 13.0 Å². The van der Waals surface area contributed by atoms with E-state index < -0.39 is 0 Å². The van der Waals surface area contributed by atoms with Crippen LogP contribution in [0.5, 0.6) is 5.75 Å². The van der Waals surface area contributed by atoms with Crippen LogP contribution in [0.3, 0.4) is 0 Å². The summed E-state index contributed by atoms with van der Waals surface area (Å²) in [6.07, 6.45) is 2.68. The molecule has 0 radical (unpaired) electrons. The SMILES string of the molecule is CCOc1ccc(C(=O)Nc2cnc3c(c2)CN(C)CC3)cc1Br. The molecule has 0 atom stereocenters. The molecule has 0 unspecified atom stereocenters. The quantitative estimate of drug-likeness (QED) is 0.869. The van der Waals surface area contributed by atoms with Crippen LogP contribution in [-0.4, -0.2) is 36.0 Å². The molecule has 1 aromatic carbocycles. The van der Waals surface area contributed by atoms with Gasteiger partial charge in [0.25, 0.3) is 5.91 Å². The number of anilines is 1. The second-order valence-corrected chi connectivity index (χ2v) is 6.70. The molecule has 3 rings (SSSR count). The van der Waals surface area contributed by atoms with E-state index in [9.17, 15) is 4.79 Å². The number of likely N-dealkylation sites (N-methyl/N-ethyl adjacent to an activating group) is 1. The molecule has 126 valence electrons. The first-order valence-corrected chi connectivity index (χ1v) is 8.76. The summed E-state index contributed by atoms with van der Waals surface area (Å²) < 4.78 is 6.23. The van der Waals surface area contributed by atoms with Crippen LogP contribution in [0.25, 0.3) is 0 Å². The lowest BCUT2D eigenvalue weighted by molar-refractivity contribution is 0.102. The van der Waals surface area contributed by atoms with Crippen LogP contribution < -0.4 is 10.1 Å². The molecule has 6 heteroatoms. The van der Waals surface area contributed by atoms with Crippen molar-refractivity contribution in [1.29, 1.82) is 0 Å². The number of nitrogens with zero attached hydrogens (tertiary/aromatic N) is 2. The number of hydrogen-bond donors (Lipinski definition) is 1. The first kappa shape index (κ1) is 16.9. The van der Waals surface area contributed by atoms with Crippen molar-refractivity contribution >= 4 is 27.5 Å². The molecule has 0 spiro atoms. The van der Waals surface area contributed by atoms with E-state index in [1.54, 1.807) is 24.4 Å². The molecule has 1 aliphatic heterocycles. The van der Waals surface area contributed by atoms with Crippen LogP contribution in [0, 0.1) is 0 Å². The van der Waals surface area contributed by atoms with Crippen molar-refractivity contribution in [2.45, 2.75) is 19.9 Å². The van der Waals surface area contributed by atoms with Gasteiger partial charge in [0, 0.05) is 30.8 Å². The lowest BCUT2D eigenvalue weighted by Crippen LogP contribution is -2.27. The highest BCUT2D eigenvalue weighted by Crippen LogP contribution is 2.26. The molecule has 1 amide bonds. The monoisotopic (exact) mass is 389 g/mol. The van der Waals surface area contributed by atoms with Gasteiger partial charge >= 0.3 is 0 Å². The maximum absolute atomic E-state index is 12.5. The van der Waals surface area contributed by atoms with E-state index in [2.05, 4.69) is 38.2 Å². The molecule has 1 aliphatic rings. The van der Waals surface area contributed by atoms with E-state index in [-0.39, 0.29) is 5.91 Å². The van der Waals surface area contributed by atoms with Gasteiger partial charge in [-0.15, -0.1) is 0 Å². The summed E-state index contributed by atoms with van der Waals surface area (Å²) in [5.41, 5.74) is 3.59. The second kappa shape index (κ2) is 7.32. The third-order valence-corrected chi connectivity index (χ3v) is 4.60. The van der Waals surface area contributed by atoms with Crippen molar-refractivity contribution < 1.29 is 9.53 Å². The number of benzene rings is 1. The molecule has 5 nitrogen and oxygen atoms in total. The van der Waals surface area contributed by atoms with E-state index in [1.165, 1.54) is 5.56 Å². The minimum atomic E-state index is -0.162. The summed E-state index contributed by atoms with van der Waals surface area (Å²) in [5.74, 6) is 0.567. The van der Waals surface area contributed by atoms with Crippen molar-refractivity contribution in [3.63, 3.8) is 0 Å². The van der Waals surface area contributed by atoms with Gasteiger partial charge in [0.2, 0.25) is 0 Å². The Balaban J connectivity index is 1.75. The van der Waals surface area contributed by atoms with E-state index in [0.717, 1.165) is 41.1 Å². The van der Waals surface area contributed by atoms with Gasteiger partial charge < -0.3 is 15.0 Å². The Labute approximate surface area is 150 Å². The lowest BCUT2D eigenvalue weighted by Gasteiger charge is -2.24. The molecule has 0 saturated heterocycles. The van der Waals surface area contributed by atoms with Crippen LogP contribution in [-0.2, 0) is 13.0 Å². The first-order valence-electron chi connectivity index (χ1n) is 7.97. The number of amides is 1. The van der Waals surface area contributed by atoms with Gasteiger partial charge in [-0.25, -0.2) is 0 Å². The third-order valence-electron chi connectivity index (χ3n) is 3.98. The number of fused-ring (bicyclic) bond motifs is 1. The number of aromatic nitrogens is 1. The third kappa shape index (κ3) is 3.76. The number of ether oxygens (including phenoxy) is 1.